The highest BCUT2D eigenvalue weighted by Gasteiger charge is 2.35. The number of halogens is 1. The number of rotatable bonds is 15. The van der Waals surface area contributed by atoms with Crippen molar-refractivity contribution in [2.24, 2.45) is 0 Å². The lowest BCUT2D eigenvalue weighted by Gasteiger charge is -2.34. The Kier molecular flexibility index (Phi) is 12.2. The van der Waals surface area contributed by atoms with E-state index < -0.39 is 28.5 Å². The lowest BCUT2D eigenvalue weighted by molar-refractivity contribution is -0.140. The molecule has 0 spiro atoms. The minimum Gasteiger partial charge on any atom is -0.494 e. The predicted octanol–water partition coefficient (Wildman–Crippen LogP) is 6.49. The van der Waals surface area contributed by atoms with Crippen LogP contribution in [0.25, 0.3) is 0 Å². The van der Waals surface area contributed by atoms with Gasteiger partial charge in [0.2, 0.25) is 11.8 Å². The number of nitrogens with zero attached hydrogens (tertiary/aromatic N) is 2. The fraction of sp³-hybridized carbons (Fsp3) is 0.278. The summed E-state index contributed by atoms with van der Waals surface area (Å²) in [5, 5.41) is 3.47. The van der Waals surface area contributed by atoms with Crippen LogP contribution in [0.4, 0.5) is 5.69 Å². The molecular weight excluding hydrogens is 622 g/mol. The van der Waals surface area contributed by atoms with E-state index in [1.165, 1.54) is 17.0 Å². The monoisotopic (exact) mass is 661 g/mol. The Hall–Kier alpha value is -4.34. The second kappa shape index (κ2) is 16.3. The van der Waals surface area contributed by atoms with Crippen molar-refractivity contribution in [3.63, 3.8) is 0 Å². The highest BCUT2D eigenvalue weighted by atomic mass is 35.5. The zero-order valence-electron chi connectivity index (χ0n) is 26.3. The van der Waals surface area contributed by atoms with E-state index in [0.29, 0.717) is 35.1 Å². The smallest absolute Gasteiger partial charge is 0.264 e. The van der Waals surface area contributed by atoms with Crippen LogP contribution < -0.4 is 14.4 Å². The van der Waals surface area contributed by atoms with Crippen LogP contribution in [-0.4, -0.2) is 50.4 Å². The summed E-state index contributed by atoms with van der Waals surface area (Å²) in [6.45, 7) is 5.59. The lowest BCUT2D eigenvalue weighted by Crippen LogP contribution is -2.54. The summed E-state index contributed by atoms with van der Waals surface area (Å²) < 4.78 is 34.9. The Morgan fingerprint density at radius 2 is 1.46 bits per heavy atom. The Bertz CT molecular complexity index is 1690. The van der Waals surface area contributed by atoms with Crippen LogP contribution in [0.1, 0.15) is 38.3 Å². The number of ether oxygens (including phenoxy) is 1. The molecule has 8 nitrogen and oxygen atoms in total. The molecule has 0 fully saturated rings. The van der Waals surface area contributed by atoms with Crippen molar-refractivity contribution < 1.29 is 22.7 Å². The number of anilines is 1. The number of hydrogen-bond acceptors (Lipinski definition) is 5. The van der Waals surface area contributed by atoms with E-state index in [9.17, 15) is 18.0 Å². The van der Waals surface area contributed by atoms with Gasteiger partial charge >= 0.3 is 0 Å². The van der Waals surface area contributed by atoms with Gasteiger partial charge in [0, 0.05) is 24.0 Å². The molecule has 4 aromatic rings. The molecule has 0 aliphatic carbocycles. The average Bonchev–Trinajstić information content (AvgIpc) is 3.07. The van der Waals surface area contributed by atoms with Gasteiger partial charge in [-0.15, -0.1) is 0 Å². The van der Waals surface area contributed by atoms with Gasteiger partial charge in [0.15, 0.2) is 0 Å². The summed E-state index contributed by atoms with van der Waals surface area (Å²) in [4.78, 5) is 29.9. The predicted molar refractivity (Wildman–Crippen MR) is 182 cm³/mol. The first-order valence-corrected chi connectivity index (χ1v) is 17.1. The number of hydrogen-bond donors (Lipinski definition) is 1. The molecule has 2 amide bonds. The summed E-state index contributed by atoms with van der Waals surface area (Å²) >= 11 is 6.56. The Morgan fingerprint density at radius 1 is 0.848 bits per heavy atom. The van der Waals surface area contributed by atoms with Gasteiger partial charge in [0.25, 0.3) is 10.0 Å². The first kappa shape index (κ1) is 34.5. The molecule has 0 aliphatic rings. The third kappa shape index (κ3) is 8.89. The topological polar surface area (TPSA) is 96.0 Å². The lowest BCUT2D eigenvalue weighted by atomic mass is 10.0. The highest BCUT2D eigenvalue weighted by Crippen LogP contribution is 2.27. The van der Waals surface area contributed by atoms with Crippen molar-refractivity contribution in [2.75, 3.05) is 17.5 Å². The summed E-state index contributed by atoms with van der Waals surface area (Å²) in [5.74, 6) is -0.358. The van der Waals surface area contributed by atoms with Gasteiger partial charge in [-0.3, -0.25) is 13.9 Å². The van der Waals surface area contributed by atoms with E-state index in [1.807, 2.05) is 57.2 Å². The molecule has 0 radical (unpaired) electrons. The van der Waals surface area contributed by atoms with Crippen LogP contribution >= 0.6 is 11.6 Å². The van der Waals surface area contributed by atoms with Crippen LogP contribution in [0.3, 0.4) is 0 Å². The standard InChI is InChI=1S/C36H40ClN3O5S/c1-4-27(3)38-36(42)34(24-28-14-8-6-9-15-28)39(25-29-16-12-13-19-33(29)37)35(41)26-40(30-17-10-7-11-18-30)46(43,44)32-22-20-31(21-23-32)45-5-2/h6-23,27,34H,4-5,24-26H2,1-3H3,(H,38,42)/t27-,34+/m1/s1. The number of amides is 2. The SMILES string of the molecule is CCOc1ccc(S(=O)(=O)N(CC(=O)N(Cc2ccccc2Cl)[C@@H](Cc2ccccc2)C(=O)N[C@H](C)CC)c2ccccc2)cc1. The van der Waals surface area contributed by atoms with Gasteiger partial charge in [0.05, 0.1) is 17.2 Å². The maximum atomic E-state index is 14.5. The minimum absolute atomic E-state index is 0.000564. The Labute approximate surface area is 277 Å². The van der Waals surface area contributed by atoms with Gasteiger partial charge in [-0.2, -0.15) is 0 Å². The Morgan fingerprint density at radius 3 is 2.07 bits per heavy atom. The normalized spacial score (nSPS) is 12.5. The number of carbonyl (C=O) groups is 2. The van der Waals surface area contributed by atoms with Crippen LogP contribution in [0.5, 0.6) is 5.75 Å². The van der Waals surface area contributed by atoms with Crippen LogP contribution in [0.2, 0.25) is 5.02 Å². The molecule has 0 saturated carbocycles. The number of carbonyl (C=O) groups excluding carboxylic acids is 2. The van der Waals surface area contributed by atoms with Crippen molar-refractivity contribution in [3.8, 4) is 5.75 Å². The molecule has 10 heteroatoms. The van der Waals surface area contributed by atoms with Gasteiger partial charge in [-0.1, -0.05) is 85.3 Å². The van der Waals surface area contributed by atoms with E-state index in [4.69, 9.17) is 16.3 Å². The highest BCUT2D eigenvalue weighted by molar-refractivity contribution is 7.92. The van der Waals surface area contributed by atoms with Crippen LogP contribution in [0, 0.1) is 0 Å². The summed E-state index contributed by atoms with van der Waals surface area (Å²) in [5.41, 5.74) is 1.80. The summed E-state index contributed by atoms with van der Waals surface area (Å²) in [6.07, 6.45) is 0.917. The number of para-hydroxylation sites is 1. The fourth-order valence-electron chi connectivity index (χ4n) is 4.93. The first-order chi connectivity index (χ1) is 22.1. The molecule has 46 heavy (non-hydrogen) atoms. The molecule has 242 valence electrons. The minimum atomic E-state index is -4.22. The van der Waals surface area contributed by atoms with Crippen molar-refractivity contribution in [1.82, 2.24) is 10.2 Å². The molecule has 4 aromatic carbocycles. The molecule has 0 saturated heterocycles. The molecule has 4 rings (SSSR count). The van der Waals surface area contributed by atoms with Crippen LogP contribution in [-0.2, 0) is 32.6 Å². The average molecular weight is 662 g/mol. The maximum absolute atomic E-state index is 14.5. The molecular formula is C36H40ClN3O5S. The fourth-order valence-corrected chi connectivity index (χ4v) is 6.54. The number of nitrogens with one attached hydrogen (secondary N) is 1. The van der Waals surface area contributed by atoms with Crippen molar-refractivity contribution in [3.05, 3.63) is 125 Å². The summed E-state index contributed by atoms with van der Waals surface area (Å²) in [7, 11) is -4.22. The van der Waals surface area contributed by atoms with Crippen molar-refractivity contribution in [2.45, 2.75) is 57.1 Å². The molecule has 0 aromatic heterocycles. The third-order valence-electron chi connectivity index (χ3n) is 7.62. The van der Waals surface area contributed by atoms with Gasteiger partial charge in [0.1, 0.15) is 18.3 Å². The van der Waals surface area contributed by atoms with Gasteiger partial charge in [-0.25, -0.2) is 8.42 Å². The van der Waals surface area contributed by atoms with Gasteiger partial charge in [-0.05, 0) is 73.9 Å². The molecule has 0 unspecified atom stereocenters. The van der Waals surface area contributed by atoms with Gasteiger partial charge < -0.3 is 15.0 Å². The van der Waals surface area contributed by atoms with Crippen molar-refractivity contribution in [1.29, 1.82) is 0 Å². The van der Waals surface area contributed by atoms with E-state index in [2.05, 4.69) is 5.32 Å². The number of sulfonamides is 1. The molecule has 0 bridgehead atoms. The first-order valence-electron chi connectivity index (χ1n) is 15.3. The van der Waals surface area contributed by atoms with Crippen molar-refractivity contribution >= 4 is 39.1 Å². The third-order valence-corrected chi connectivity index (χ3v) is 9.77. The Balaban J connectivity index is 1.79. The second-order valence-corrected chi connectivity index (χ2v) is 13.2. The zero-order chi connectivity index (χ0) is 33.1. The quantitative estimate of drug-likeness (QED) is 0.157. The zero-order valence-corrected chi connectivity index (χ0v) is 27.9. The summed E-state index contributed by atoms with van der Waals surface area (Å²) in [6, 6.07) is 30.0. The molecule has 0 heterocycles. The largest absolute Gasteiger partial charge is 0.494 e. The van der Waals surface area contributed by atoms with Crippen LogP contribution in [0.15, 0.2) is 114 Å². The number of benzene rings is 4. The second-order valence-electron chi connectivity index (χ2n) is 10.9. The maximum Gasteiger partial charge on any atom is 0.264 e. The van der Waals surface area contributed by atoms with E-state index >= 15 is 0 Å². The molecule has 1 N–H and O–H groups in total. The molecule has 2 atom stereocenters. The van der Waals surface area contributed by atoms with E-state index in [-0.39, 0.29) is 29.8 Å². The van der Waals surface area contributed by atoms with E-state index in [1.54, 1.807) is 60.7 Å². The molecule has 0 aliphatic heterocycles. The van der Waals surface area contributed by atoms with E-state index in [0.717, 1.165) is 9.87 Å².